The number of ether oxygens (including phenoxy) is 3. The first-order valence-electron chi connectivity index (χ1n) is 24.4. The Kier molecular flexibility index (Phi) is 33.1. The fourth-order valence-corrected chi connectivity index (χ4v) is 8.55. The van der Waals surface area contributed by atoms with Crippen molar-refractivity contribution in [2.24, 2.45) is 0 Å². The summed E-state index contributed by atoms with van der Waals surface area (Å²) >= 11 is 0. The van der Waals surface area contributed by atoms with E-state index in [4.69, 9.17) is 29.0 Å². The normalized spacial score (nSPS) is 20.4. The summed E-state index contributed by atoms with van der Waals surface area (Å²) < 4.78 is 56.5. The van der Waals surface area contributed by atoms with Gasteiger partial charge in [-0.25, -0.2) is 13.9 Å². The molecular formula is C50H77N3O16P2. The minimum absolute atomic E-state index is 0.0477. The summed E-state index contributed by atoms with van der Waals surface area (Å²) in [6, 6.07) is 1.23. The molecular weight excluding hydrogens is 961 g/mol. The number of nitrogens with two attached hydrogens (primary N) is 1. The Hall–Kier alpha value is -4.36. The Morgan fingerprint density at radius 1 is 0.761 bits per heavy atom. The largest absolute Gasteiger partial charge is 0.481 e. The van der Waals surface area contributed by atoms with Crippen LogP contribution in [0.25, 0.3) is 0 Å². The number of aromatic nitrogens is 2. The monoisotopic (exact) mass is 1040 g/mol. The van der Waals surface area contributed by atoms with Gasteiger partial charge in [-0.05, 0) is 89.5 Å². The molecule has 1 aliphatic rings. The quantitative estimate of drug-likeness (QED) is 0.0119. The molecule has 1 aromatic rings. The molecule has 7 N–H and O–H groups in total. The number of carbonyl (C=O) groups excluding carboxylic acids is 2. The summed E-state index contributed by atoms with van der Waals surface area (Å²) in [4.78, 5) is 61.8. The first kappa shape index (κ1) is 62.8. The molecule has 0 aliphatic carbocycles. The third-order valence-electron chi connectivity index (χ3n) is 10.2. The van der Waals surface area contributed by atoms with E-state index in [2.05, 4.69) is 65.7 Å². The number of anilines is 1. The highest BCUT2D eigenvalue weighted by Crippen LogP contribution is 2.60. The van der Waals surface area contributed by atoms with Crippen LogP contribution in [0, 0.1) is 0 Å². The number of esters is 2. The Balaban J connectivity index is 1.88. The van der Waals surface area contributed by atoms with Crippen molar-refractivity contribution in [1.82, 2.24) is 9.55 Å². The van der Waals surface area contributed by atoms with Gasteiger partial charge < -0.3 is 45.1 Å². The van der Waals surface area contributed by atoms with E-state index >= 15 is 0 Å². The molecule has 21 heteroatoms. The topological polar surface area (TPSA) is 286 Å². The molecule has 0 radical (unpaired) electrons. The summed E-state index contributed by atoms with van der Waals surface area (Å²) in [5.74, 6) is -1.47. The Morgan fingerprint density at radius 2 is 1.35 bits per heavy atom. The molecule has 2 rings (SSSR count). The summed E-state index contributed by atoms with van der Waals surface area (Å²) in [6.45, 7) is 1.81. The van der Waals surface area contributed by atoms with Gasteiger partial charge in [-0.2, -0.15) is 9.29 Å². The van der Waals surface area contributed by atoms with Crippen molar-refractivity contribution in [2.75, 3.05) is 25.6 Å². The van der Waals surface area contributed by atoms with Gasteiger partial charge in [0.25, 0.3) is 0 Å². The number of aliphatic hydroxyl groups excluding tert-OH is 3. The van der Waals surface area contributed by atoms with E-state index in [9.17, 15) is 48.6 Å². The van der Waals surface area contributed by atoms with Crippen LogP contribution in [-0.4, -0.2) is 96.9 Å². The van der Waals surface area contributed by atoms with Crippen molar-refractivity contribution in [3.63, 3.8) is 0 Å². The fraction of sp³-hybridized carbons (Fsp3) is 0.560. The van der Waals surface area contributed by atoms with Gasteiger partial charge in [-0.15, -0.1) is 0 Å². The molecule has 1 fully saturated rings. The number of rotatable bonds is 38. The molecule has 0 amide bonds. The summed E-state index contributed by atoms with van der Waals surface area (Å²) in [5, 5.41) is 31.0. The van der Waals surface area contributed by atoms with Crippen molar-refractivity contribution in [3.8, 4) is 0 Å². The van der Waals surface area contributed by atoms with Gasteiger partial charge in [0.15, 0.2) is 12.3 Å². The highest BCUT2D eigenvalue weighted by molar-refractivity contribution is 7.61. The lowest BCUT2D eigenvalue weighted by Crippen LogP contribution is -2.36. The maximum absolute atomic E-state index is 12.8. The number of phosphoric acid groups is 2. The van der Waals surface area contributed by atoms with E-state index in [1.54, 1.807) is 12.2 Å². The van der Waals surface area contributed by atoms with Crippen LogP contribution in [0.4, 0.5) is 5.82 Å². The van der Waals surface area contributed by atoms with Crippen molar-refractivity contribution >= 4 is 33.4 Å². The molecule has 398 valence electrons. The van der Waals surface area contributed by atoms with Crippen molar-refractivity contribution in [2.45, 2.75) is 160 Å². The van der Waals surface area contributed by atoms with E-state index in [0.717, 1.165) is 49.3 Å². The Morgan fingerprint density at radius 3 is 2.01 bits per heavy atom. The zero-order valence-electron chi connectivity index (χ0n) is 41.1. The second-order valence-electron chi connectivity index (χ2n) is 16.4. The third-order valence-corrected chi connectivity index (χ3v) is 12.8. The number of carbonyl (C=O) groups is 2. The molecule has 2 heterocycles. The summed E-state index contributed by atoms with van der Waals surface area (Å²) in [5.41, 5.74) is 4.57. The van der Waals surface area contributed by atoms with E-state index in [1.165, 1.54) is 25.3 Å². The van der Waals surface area contributed by atoms with Crippen molar-refractivity contribution in [3.05, 3.63) is 120 Å². The first-order valence-corrected chi connectivity index (χ1v) is 27.3. The lowest BCUT2D eigenvalue weighted by molar-refractivity contribution is -0.161. The Bertz CT molecular complexity index is 2080. The second-order valence-corrected chi connectivity index (χ2v) is 19.5. The van der Waals surface area contributed by atoms with Gasteiger partial charge in [0.05, 0.1) is 19.3 Å². The molecule has 3 unspecified atom stereocenters. The average molecular weight is 1040 g/mol. The van der Waals surface area contributed by atoms with Crippen LogP contribution in [0.15, 0.2) is 114 Å². The van der Waals surface area contributed by atoms with Gasteiger partial charge in [0.1, 0.15) is 30.7 Å². The van der Waals surface area contributed by atoms with Crippen LogP contribution in [0.1, 0.15) is 129 Å². The van der Waals surface area contributed by atoms with Crippen molar-refractivity contribution < 1.29 is 71.4 Å². The number of hydrogen-bond donors (Lipinski definition) is 6. The number of nitrogens with zero attached hydrogens (tertiary/aromatic N) is 2. The number of hydrogen-bond acceptors (Lipinski definition) is 16. The number of nitrogen functional groups attached to an aromatic ring is 1. The minimum Gasteiger partial charge on any atom is -0.462 e. The third kappa shape index (κ3) is 30.3. The fourth-order valence-electron chi connectivity index (χ4n) is 6.44. The van der Waals surface area contributed by atoms with Gasteiger partial charge in [0, 0.05) is 19.0 Å². The van der Waals surface area contributed by atoms with Crippen LogP contribution in [0.3, 0.4) is 0 Å². The molecule has 0 bridgehead atoms. The summed E-state index contributed by atoms with van der Waals surface area (Å²) in [7, 11) is -10.9. The van der Waals surface area contributed by atoms with Gasteiger partial charge in [-0.3, -0.25) is 23.2 Å². The van der Waals surface area contributed by atoms with Gasteiger partial charge >= 0.3 is 33.3 Å². The predicted octanol–water partition coefficient (Wildman–Crippen LogP) is 8.63. The lowest BCUT2D eigenvalue weighted by Gasteiger charge is -2.21. The SMILES string of the molecule is CC/C=C\C/C=C\CC(O)/C=C/C=C\C/C=C\CCCC(=O)O[C@H](COC(=O)CCCC/C=C\C/C=C\C/C=C\CCCCC)COP(=O)(O)OP(=O)(O)OC[C@H]1O[C@@H](n2ccc(N)nc2=O)[C@H](O)[C@@H]1O. The Labute approximate surface area is 418 Å². The van der Waals surface area contributed by atoms with Crippen LogP contribution in [0.5, 0.6) is 0 Å². The van der Waals surface area contributed by atoms with Crippen molar-refractivity contribution in [1.29, 1.82) is 0 Å². The van der Waals surface area contributed by atoms with Crippen LogP contribution >= 0.6 is 15.6 Å². The van der Waals surface area contributed by atoms with Crippen LogP contribution in [0.2, 0.25) is 0 Å². The molecule has 1 saturated heterocycles. The van der Waals surface area contributed by atoms with E-state index < -0.39 is 89.8 Å². The summed E-state index contributed by atoms with van der Waals surface area (Å²) in [6.07, 6.45) is 36.8. The average Bonchev–Trinajstić information content (AvgIpc) is 3.60. The zero-order chi connectivity index (χ0) is 52.2. The predicted molar refractivity (Wildman–Crippen MR) is 271 cm³/mol. The number of unbranched alkanes of at least 4 members (excludes halogenated alkanes) is 6. The number of phosphoric ester groups is 2. The highest BCUT2D eigenvalue weighted by atomic mass is 31.3. The van der Waals surface area contributed by atoms with Gasteiger partial charge in [-0.1, -0.05) is 124 Å². The molecule has 71 heavy (non-hydrogen) atoms. The maximum atomic E-state index is 12.8. The van der Waals surface area contributed by atoms with E-state index in [0.29, 0.717) is 38.5 Å². The second kappa shape index (κ2) is 37.4. The number of aliphatic hydroxyl groups is 3. The molecule has 0 spiro atoms. The van der Waals surface area contributed by atoms with E-state index in [-0.39, 0.29) is 18.7 Å². The van der Waals surface area contributed by atoms with Gasteiger partial charge in [0.2, 0.25) is 0 Å². The molecule has 8 atom stereocenters. The van der Waals surface area contributed by atoms with Crippen LogP contribution in [-0.2, 0) is 46.3 Å². The zero-order valence-corrected chi connectivity index (χ0v) is 42.9. The minimum atomic E-state index is -5.46. The maximum Gasteiger partial charge on any atom is 0.481 e. The number of allylic oxidation sites excluding steroid dienone is 14. The lowest BCUT2D eigenvalue weighted by atomic mass is 10.1. The molecule has 0 aromatic carbocycles. The van der Waals surface area contributed by atoms with Crippen LogP contribution < -0.4 is 11.4 Å². The van der Waals surface area contributed by atoms with E-state index in [1.807, 2.05) is 42.5 Å². The molecule has 1 aliphatic heterocycles. The smallest absolute Gasteiger partial charge is 0.462 e. The molecule has 1 aromatic heterocycles. The first-order chi connectivity index (χ1) is 34.1. The standard InChI is InChI=1S/C50H77N3O16P2/c1-3-5-7-9-11-12-13-14-15-16-17-18-22-26-30-34-45(55)64-38-42(67-46(56)35-31-27-23-20-19-21-25-29-33-41(54)32-28-24-10-8-6-4-2)39-65-70(60,61)69-71(62,63)66-40-43-47(57)48(58)49(68-43)53-37-36-44(51)52-50(53)59/h6,8,11-12,14-15,17-18,20-21,23-25,28-29,33,36-37,41-43,47-49,54,57-58H,3-5,7,9-10,13,16,19,22,26-27,30-32,34-35,38-40H2,1-2H3,(H,60,61)(H,62,63)(H2,51,52,59)/b8-6-,12-11-,15-14-,18-17-,23-20-,25-21-,28-24-,33-29+/t41?,42-,43-,47-,48-,49-/m1/s1. The highest BCUT2D eigenvalue weighted by Gasteiger charge is 2.46. The molecule has 0 saturated carbocycles. The molecule has 19 nitrogen and oxygen atoms in total.